The van der Waals surface area contributed by atoms with E-state index >= 15 is 0 Å². The zero-order valence-corrected chi connectivity index (χ0v) is 13.6. The van der Waals surface area contributed by atoms with Gasteiger partial charge in [-0.15, -0.1) is 10.2 Å². The van der Waals surface area contributed by atoms with Crippen molar-refractivity contribution < 1.29 is 8.42 Å². The Labute approximate surface area is 127 Å². The van der Waals surface area contributed by atoms with Gasteiger partial charge in [-0.1, -0.05) is 25.2 Å². The van der Waals surface area contributed by atoms with Crippen LogP contribution in [0.4, 0.5) is 10.9 Å². The van der Waals surface area contributed by atoms with Crippen LogP contribution in [-0.2, 0) is 16.4 Å². The molecule has 0 spiro atoms. The van der Waals surface area contributed by atoms with Crippen LogP contribution in [0, 0.1) is 5.92 Å². The smallest absolute Gasteiger partial charge is 0.265 e. The molecule has 0 amide bonds. The van der Waals surface area contributed by atoms with Gasteiger partial charge in [0.15, 0.2) is 0 Å². The Morgan fingerprint density at radius 1 is 1.29 bits per heavy atom. The topological polar surface area (TPSA) is 96.9 Å². The Balaban J connectivity index is 2.14. The van der Waals surface area contributed by atoms with Gasteiger partial charge in [-0.2, -0.15) is 0 Å². The van der Waals surface area contributed by atoms with Crippen molar-refractivity contribution in [3.8, 4) is 0 Å². The number of nitrogens with one attached hydrogen (secondary N) is 2. The first-order valence-electron chi connectivity index (χ1n) is 6.39. The van der Waals surface area contributed by atoms with Gasteiger partial charge >= 0.3 is 0 Å². The lowest BCUT2D eigenvalue weighted by atomic mass is 10.1. The quantitative estimate of drug-likeness (QED) is 0.842. The van der Waals surface area contributed by atoms with Crippen LogP contribution in [-0.4, -0.2) is 30.6 Å². The maximum Gasteiger partial charge on any atom is 0.265 e. The third-order valence-electron chi connectivity index (χ3n) is 2.57. The first-order valence-corrected chi connectivity index (χ1v) is 8.69. The average molecular weight is 327 g/mol. The summed E-state index contributed by atoms with van der Waals surface area (Å²) in [6.07, 6.45) is 2.07. The Bertz CT molecular complexity index is 695. The van der Waals surface area contributed by atoms with E-state index in [4.69, 9.17) is 0 Å². The highest BCUT2D eigenvalue weighted by Gasteiger charge is 2.17. The molecule has 0 aliphatic rings. The van der Waals surface area contributed by atoms with E-state index in [1.807, 2.05) is 0 Å². The van der Waals surface area contributed by atoms with Gasteiger partial charge in [-0.25, -0.2) is 13.4 Å². The Morgan fingerprint density at radius 3 is 2.62 bits per heavy atom. The van der Waals surface area contributed by atoms with Crippen LogP contribution in [0.5, 0.6) is 0 Å². The first-order chi connectivity index (χ1) is 9.90. The second-order valence-electron chi connectivity index (χ2n) is 4.83. The molecule has 0 saturated heterocycles. The second-order valence-corrected chi connectivity index (χ2v) is 7.58. The fraction of sp³-hybridized carbons (Fsp3) is 0.417. The Hall–Kier alpha value is -1.74. The molecule has 7 nitrogen and oxygen atoms in total. The van der Waals surface area contributed by atoms with Gasteiger partial charge in [0, 0.05) is 19.7 Å². The molecule has 114 valence electrons. The first kappa shape index (κ1) is 15.6. The van der Waals surface area contributed by atoms with Crippen molar-refractivity contribution in [2.45, 2.75) is 25.2 Å². The van der Waals surface area contributed by atoms with Crippen molar-refractivity contribution in [3.05, 3.63) is 23.3 Å². The largest absolute Gasteiger partial charge is 0.373 e. The zero-order valence-electron chi connectivity index (χ0n) is 12.0. The van der Waals surface area contributed by atoms with E-state index in [9.17, 15) is 8.42 Å². The van der Waals surface area contributed by atoms with E-state index in [2.05, 4.69) is 39.1 Å². The molecule has 2 aromatic rings. The van der Waals surface area contributed by atoms with Crippen molar-refractivity contribution in [1.82, 2.24) is 15.2 Å². The van der Waals surface area contributed by atoms with E-state index in [0.29, 0.717) is 11.7 Å². The molecular weight excluding hydrogens is 310 g/mol. The minimum atomic E-state index is -3.69. The van der Waals surface area contributed by atoms with Crippen LogP contribution in [0.1, 0.15) is 18.9 Å². The molecule has 0 aliphatic heterocycles. The fourth-order valence-corrected chi connectivity index (χ4v) is 3.71. The highest BCUT2D eigenvalue weighted by Crippen LogP contribution is 2.21. The molecule has 0 atom stereocenters. The van der Waals surface area contributed by atoms with Gasteiger partial charge in [0.05, 0.1) is 0 Å². The Kier molecular flexibility index (Phi) is 4.73. The van der Waals surface area contributed by atoms with Crippen molar-refractivity contribution in [1.29, 1.82) is 0 Å². The summed E-state index contributed by atoms with van der Waals surface area (Å²) in [5, 5.41) is 11.7. The predicted molar refractivity (Wildman–Crippen MR) is 83.0 cm³/mol. The lowest BCUT2D eigenvalue weighted by Crippen LogP contribution is -2.13. The van der Waals surface area contributed by atoms with Crippen molar-refractivity contribution in [2.24, 2.45) is 5.92 Å². The van der Waals surface area contributed by atoms with Gasteiger partial charge in [-0.3, -0.25) is 4.72 Å². The van der Waals surface area contributed by atoms with Crippen LogP contribution in [0.25, 0.3) is 0 Å². The lowest BCUT2D eigenvalue weighted by Gasteiger charge is -2.05. The van der Waals surface area contributed by atoms with Gasteiger partial charge in [-0.05, 0) is 18.1 Å². The summed E-state index contributed by atoms with van der Waals surface area (Å²) in [5.41, 5.74) is 0. The number of rotatable bonds is 6. The molecule has 2 aromatic heterocycles. The predicted octanol–water partition coefficient (Wildman–Crippen LogP) is 1.97. The SMILES string of the molecule is CNc1ccc(S(=O)(=O)Nc2nnc(CC(C)C)s2)cn1. The number of nitrogens with zero attached hydrogens (tertiary/aromatic N) is 3. The van der Waals surface area contributed by atoms with Crippen LogP contribution in [0.2, 0.25) is 0 Å². The van der Waals surface area contributed by atoms with E-state index in [-0.39, 0.29) is 10.0 Å². The molecular formula is C12H17N5O2S2. The van der Waals surface area contributed by atoms with Crippen molar-refractivity contribution >= 4 is 32.3 Å². The Morgan fingerprint density at radius 2 is 2.05 bits per heavy atom. The zero-order chi connectivity index (χ0) is 15.5. The van der Waals surface area contributed by atoms with Crippen LogP contribution < -0.4 is 10.0 Å². The summed E-state index contributed by atoms with van der Waals surface area (Å²) in [5.74, 6) is 1.05. The molecule has 0 aliphatic carbocycles. The van der Waals surface area contributed by atoms with Gasteiger partial charge in [0.25, 0.3) is 10.0 Å². The number of hydrogen-bond donors (Lipinski definition) is 2. The van der Waals surface area contributed by atoms with Crippen LogP contribution in [0.3, 0.4) is 0 Å². The average Bonchev–Trinajstić information content (AvgIpc) is 2.84. The van der Waals surface area contributed by atoms with Gasteiger partial charge in [0.2, 0.25) is 5.13 Å². The maximum atomic E-state index is 12.2. The number of anilines is 2. The summed E-state index contributed by atoms with van der Waals surface area (Å²) in [4.78, 5) is 4.07. The number of pyridine rings is 1. The minimum absolute atomic E-state index is 0.0853. The molecule has 2 rings (SSSR count). The van der Waals surface area contributed by atoms with Gasteiger partial charge in [0.1, 0.15) is 15.7 Å². The summed E-state index contributed by atoms with van der Waals surface area (Å²) >= 11 is 1.25. The van der Waals surface area contributed by atoms with Gasteiger partial charge < -0.3 is 5.32 Å². The summed E-state index contributed by atoms with van der Waals surface area (Å²) in [7, 11) is -1.97. The molecule has 2 heterocycles. The monoisotopic (exact) mass is 327 g/mol. The van der Waals surface area contributed by atoms with Crippen molar-refractivity contribution in [3.63, 3.8) is 0 Å². The van der Waals surface area contributed by atoms with E-state index in [1.165, 1.54) is 23.6 Å². The third kappa shape index (κ3) is 4.11. The lowest BCUT2D eigenvalue weighted by molar-refractivity contribution is 0.600. The normalized spacial score (nSPS) is 11.6. The molecule has 0 unspecified atom stereocenters. The molecule has 21 heavy (non-hydrogen) atoms. The van der Waals surface area contributed by atoms with E-state index < -0.39 is 10.0 Å². The fourth-order valence-electron chi connectivity index (χ4n) is 1.59. The number of hydrogen-bond acceptors (Lipinski definition) is 7. The van der Waals surface area contributed by atoms with E-state index in [1.54, 1.807) is 13.1 Å². The second kappa shape index (κ2) is 6.35. The standard InChI is InChI=1S/C12H17N5O2S2/c1-8(2)6-11-15-16-12(20-11)17-21(18,19)9-4-5-10(13-3)14-7-9/h4-5,7-8H,6H2,1-3H3,(H,13,14)(H,16,17). The number of sulfonamides is 1. The molecule has 9 heteroatoms. The molecule has 0 fully saturated rings. The third-order valence-corrected chi connectivity index (χ3v) is 4.89. The molecule has 0 aromatic carbocycles. The van der Waals surface area contributed by atoms with Crippen molar-refractivity contribution in [2.75, 3.05) is 17.1 Å². The highest BCUT2D eigenvalue weighted by atomic mass is 32.2. The van der Waals surface area contributed by atoms with Crippen LogP contribution >= 0.6 is 11.3 Å². The summed E-state index contributed by atoms with van der Waals surface area (Å²) in [6.45, 7) is 4.14. The molecule has 0 bridgehead atoms. The summed E-state index contributed by atoms with van der Waals surface area (Å²) in [6, 6.07) is 3.08. The molecule has 0 saturated carbocycles. The molecule has 0 radical (unpaired) electrons. The maximum absolute atomic E-state index is 12.2. The van der Waals surface area contributed by atoms with E-state index in [0.717, 1.165) is 11.4 Å². The highest BCUT2D eigenvalue weighted by molar-refractivity contribution is 7.93. The molecule has 2 N–H and O–H groups in total. The summed E-state index contributed by atoms with van der Waals surface area (Å²) < 4.78 is 26.8. The minimum Gasteiger partial charge on any atom is -0.373 e. The number of aromatic nitrogens is 3. The van der Waals surface area contributed by atoms with Crippen LogP contribution in [0.15, 0.2) is 23.2 Å².